The van der Waals surface area contributed by atoms with Gasteiger partial charge in [-0.1, -0.05) is 6.07 Å². The summed E-state index contributed by atoms with van der Waals surface area (Å²) in [4.78, 5) is 4.55. The van der Waals surface area contributed by atoms with Crippen LogP contribution in [0.5, 0.6) is 0 Å². The van der Waals surface area contributed by atoms with Gasteiger partial charge in [-0.05, 0) is 47.1 Å². The molecule has 0 atom stereocenters. The molecule has 0 saturated heterocycles. The van der Waals surface area contributed by atoms with Gasteiger partial charge in [0.15, 0.2) is 0 Å². The maximum absolute atomic E-state index is 5.37. The molecule has 3 aromatic heterocycles. The third kappa shape index (κ3) is 1.78. The quantitative estimate of drug-likeness (QED) is 0.722. The average molecular weight is 291 g/mol. The van der Waals surface area contributed by atoms with Gasteiger partial charge in [0.25, 0.3) is 0 Å². The first kappa shape index (κ1) is 10.6. The summed E-state index contributed by atoms with van der Waals surface area (Å²) in [7, 11) is 0. The Morgan fingerprint density at radius 1 is 1.29 bits per heavy atom. The molecule has 0 bridgehead atoms. The van der Waals surface area contributed by atoms with Crippen molar-refractivity contribution in [1.82, 2.24) is 9.38 Å². The molecule has 0 aromatic carbocycles. The van der Waals surface area contributed by atoms with E-state index in [4.69, 9.17) is 4.42 Å². The number of hydrogen-bond acceptors (Lipinski definition) is 2. The highest BCUT2D eigenvalue weighted by Crippen LogP contribution is 2.22. The molecular formula is C13H11BrN2O. The summed E-state index contributed by atoms with van der Waals surface area (Å²) in [6.45, 7) is 2.08. The minimum atomic E-state index is 0.699. The second kappa shape index (κ2) is 4.04. The van der Waals surface area contributed by atoms with E-state index in [0.717, 1.165) is 21.7 Å². The van der Waals surface area contributed by atoms with Crippen molar-refractivity contribution in [2.24, 2.45) is 0 Å². The lowest BCUT2D eigenvalue weighted by Crippen LogP contribution is -1.98. The molecule has 3 heterocycles. The van der Waals surface area contributed by atoms with Gasteiger partial charge in [0.05, 0.1) is 18.2 Å². The number of nitrogens with zero attached hydrogens (tertiary/aromatic N) is 2. The van der Waals surface area contributed by atoms with E-state index in [0.29, 0.717) is 6.42 Å². The van der Waals surface area contributed by atoms with Gasteiger partial charge >= 0.3 is 0 Å². The molecule has 3 rings (SSSR count). The minimum Gasteiger partial charge on any atom is -0.469 e. The lowest BCUT2D eigenvalue weighted by atomic mass is 10.3. The van der Waals surface area contributed by atoms with Crippen molar-refractivity contribution in [2.45, 2.75) is 13.3 Å². The van der Waals surface area contributed by atoms with Crippen LogP contribution < -0.4 is 0 Å². The van der Waals surface area contributed by atoms with Crippen LogP contribution in [-0.2, 0) is 6.42 Å². The van der Waals surface area contributed by atoms with Gasteiger partial charge in [-0.3, -0.25) is 4.40 Å². The summed E-state index contributed by atoms with van der Waals surface area (Å²) >= 11 is 3.49. The van der Waals surface area contributed by atoms with Crippen LogP contribution in [0.25, 0.3) is 5.52 Å². The molecule has 0 aliphatic rings. The summed E-state index contributed by atoms with van der Waals surface area (Å²) in [5, 5.41) is 0. The van der Waals surface area contributed by atoms with Crippen molar-refractivity contribution >= 4 is 21.4 Å². The van der Waals surface area contributed by atoms with Crippen molar-refractivity contribution in [3.63, 3.8) is 0 Å². The maximum atomic E-state index is 5.37. The van der Waals surface area contributed by atoms with Gasteiger partial charge in [-0.15, -0.1) is 0 Å². The van der Waals surface area contributed by atoms with Crippen LogP contribution in [0.15, 0.2) is 45.6 Å². The predicted molar refractivity (Wildman–Crippen MR) is 69.1 cm³/mol. The first-order valence-electron chi connectivity index (χ1n) is 5.40. The molecule has 86 valence electrons. The van der Waals surface area contributed by atoms with Crippen LogP contribution in [-0.4, -0.2) is 9.38 Å². The smallest absolute Gasteiger partial charge is 0.132 e. The van der Waals surface area contributed by atoms with Crippen LogP contribution in [0, 0.1) is 6.92 Å². The molecule has 0 aliphatic heterocycles. The first-order chi connectivity index (χ1) is 8.25. The number of halogens is 1. The third-order valence-electron chi connectivity index (χ3n) is 2.79. The standard InChI is InChI=1S/C13H11BrN2O/c1-9-4-2-6-11-13(14)15-12(16(9)11)8-10-5-3-7-17-10/h2-7H,8H2,1H3. The molecule has 0 spiro atoms. The number of imidazole rings is 1. The van der Waals surface area contributed by atoms with Crippen LogP contribution >= 0.6 is 15.9 Å². The Morgan fingerprint density at radius 3 is 2.94 bits per heavy atom. The van der Waals surface area contributed by atoms with Gasteiger partial charge in [0.1, 0.15) is 16.2 Å². The van der Waals surface area contributed by atoms with E-state index < -0.39 is 0 Å². The Hall–Kier alpha value is -1.55. The fraction of sp³-hybridized carbons (Fsp3) is 0.154. The second-order valence-electron chi connectivity index (χ2n) is 3.96. The number of pyridine rings is 1. The van der Waals surface area contributed by atoms with Gasteiger partial charge in [0, 0.05) is 5.69 Å². The van der Waals surface area contributed by atoms with E-state index in [1.165, 1.54) is 5.69 Å². The Morgan fingerprint density at radius 2 is 2.18 bits per heavy atom. The monoisotopic (exact) mass is 290 g/mol. The van der Waals surface area contributed by atoms with Crippen LogP contribution in [0.4, 0.5) is 0 Å². The van der Waals surface area contributed by atoms with E-state index in [-0.39, 0.29) is 0 Å². The normalized spacial score (nSPS) is 11.2. The summed E-state index contributed by atoms with van der Waals surface area (Å²) in [6.07, 6.45) is 2.39. The van der Waals surface area contributed by atoms with Gasteiger partial charge in [0.2, 0.25) is 0 Å². The van der Waals surface area contributed by atoms with E-state index >= 15 is 0 Å². The number of aromatic nitrogens is 2. The lowest BCUT2D eigenvalue weighted by Gasteiger charge is -2.03. The zero-order valence-corrected chi connectivity index (χ0v) is 10.9. The van der Waals surface area contributed by atoms with Crippen LogP contribution in [0.2, 0.25) is 0 Å². The SMILES string of the molecule is Cc1cccc2c(Br)nc(Cc3ccco3)n12. The molecule has 3 aromatic rings. The first-order valence-corrected chi connectivity index (χ1v) is 6.20. The number of rotatable bonds is 2. The van der Waals surface area contributed by atoms with E-state index in [2.05, 4.69) is 44.4 Å². The van der Waals surface area contributed by atoms with Crippen molar-refractivity contribution < 1.29 is 4.42 Å². The number of fused-ring (bicyclic) bond motifs is 1. The predicted octanol–water partition coefficient (Wildman–Crippen LogP) is 3.59. The summed E-state index contributed by atoms with van der Waals surface area (Å²) in [6, 6.07) is 10.0. The van der Waals surface area contributed by atoms with E-state index in [1.54, 1.807) is 6.26 Å². The Balaban J connectivity index is 2.16. The molecule has 17 heavy (non-hydrogen) atoms. The molecular weight excluding hydrogens is 280 g/mol. The topological polar surface area (TPSA) is 30.4 Å². The molecule has 4 heteroatoms. The molecule has 3 nitrogen and oxygen atoms in total. The molecule has 0 amide bonds. The Kier molecular flexibility index (Phi) is 2.52. The molecule has 0 N–H and O–H groups in total. The molecule has 0 unspecified atom stereocenters. The highest BCUT2D eigenvalue weighted by Gasteiger charge is 2.11. The fourth-order valence-electron chi connectivity index (χ4n) is 2.03. The summed E-state index contributed by atoms with van der Waals surface area (Å²) in [5.74, 6) is 1.91. The summed E-state index contributed by atoms with van der Waals surface area (Å²) < 4.78 is 8.39. The highest BCUT2D eigenvalue weighted by atomic mass is 79.9. The van der Waals surface area contributed by atoms with Crippen molar-refractivity contribution in [1.29, 1.82) is 0 Å². The fourth-order valence-corrected chi connectivity index (χ4v) is 2.54. The third-order valence-corrected chi connectivity index (χ3v) is 3.38. The largest absolute Gasteiger partial charge is 0.469 e. The number of hydrogen-bond donors (Lipinski definition) is 0. The van der Waals surface area contributed by atoms with Gasteiger partial charge in [-0.2, -0.15) is 0 Å². The van der Waals surface area contributed by atoms with Crippen molar-refractivity contribution in [3.05, 3.63) is 58.5 Å². The van der Waals surface area contributed by atoms with Gasteiger partial charge in [-0.25, -0.2) is 4.98 Å². The van der Waals surface area contributed by atoms with Crippen LogP contribution in [0.3, 0.4) is 0 Å². The van der Waals surface area contributed by atoms with Crippen molar-refractivity contribution in [3.8, 4) is 0 Å². The highest BCUT2D eigenvalue weighted by molar-refractivity contribution is 9.10. The van der Waals surface area contributed by atoms with Gasteiger partial charge < -0.3 is 4.42 Å². The molecule has 0 fully saturated rings. The molecule has 0 saturated carbocycles. The average Bonchev–Trinajstić information content (AvgIpc) is 2.90. The Labute approximate surface area is 107 Å². The van der Waals surface area contributed by atoms with E-state index in [1.807, 2.05) is 18.2 Å². The van der Waals surface area contributed by atoms with Crippen LogP contribution in [0.1, 0.15) is 17.3 Å². The zero-order chi connectivity index (χ0) is 11.8. The zero-order valence-electron chi connectivity index (χ0n) is 9.35. The Bertz CT molecular complexity index is 655. The molecule has 0 radical (unpaired) electrons. The minimum absolute atomic E-state index is 0.699. The summed E-state index contributed by atoms with van der Waals surface area (Å²) in [5.41, 5.74) is 2.26. The lowest BCUT2D eigenvalue weighted by molar-refractivity contribution is 0.516. The van der Waals surface area contributed by atoms with Crippen molar-refractivity contribution in [2.75, 3.05) is 0 Å². The van der Waals surface area contributed by atoms with E-state index in [9.17, 15) is 0 Å². The maximum Gasteiger partial charge on any atom is 0.132 e. The second-order valence-corrected chi connectivity index (χ2v) is 4.71. The number of furan rings is 1. The number of aryl methyl sites for hydroxylation is 1. The molecule has 0 aliphatic carbocycles.